The summed E-state index contributed by atoms with van der Waals surface area (Å²) in [6, 6.07) is 0. The minimum atomic E-state index is -6.30. The number of rotatable bonds is 1. The van der Waals surface area contributed by atoms with E-state index in [1.807, 2.05) is 0 Å². The third-order valence-corrected chi connectivity index (χ3v) is 1.85. The topological polar surface area (TPSA) is 63.2 Å². The van der Waals surface area contributed by atoms with Gasteiger partial charge in [0.1, 0.15) is 0 Å². The van der Waals surface area contributed by atoms with E-state index < -0.39 is 27.6 Å². The molecule has 12 heteroatoms. The third kappa shape index (κ3) is 4.76. The third-order valence-electron chi connectivity index (χ3n) is 0.789. The summed E-state index contributed by atoms with van der Waals surface area (Å²) in [4.78, 5) is 9.81. The summed E-state index contributed by atoms with van der Waals surface area (Å²) in [6.07, 6.45) is -5.70. The summed E-state index contributed by atoms with van der Waals surface area (Å²) in [5.74, 6) is -3.20. The van der Waals surface area contributed by atoms with Crippen LogP contribution in [0.5, 0.6) is 0 Å². The molecule has 0 aliphatic rings. The van der Waals surface area contributed by atoms with Crippen LogP contribution in [0.1, 0.15) is 0 Å². The molecule has 1 amide bonds. The number of carbonyl (C=O) groups is 1. The number of carbonyl (C=O) groups excluding carboxylic acids is 1. The summed E-state index contributed by atoms with van der Waals surface area (Å²) in [5, 5.41) is 0. The summed E-state index contributed by atoms with van der Waals surface area (Å²) in [5.41, 5.74) is -5.96. The fraction of sp³-hybridized carbons (Fsp3) is 0.667. The van der Waals surface area contributed by atoms with Gasteiger partial charge < -0.3 is 0 Å². The second-order valence-electron chi connectivity index (χ2n) is 1.88. The zero-order valence-corrected chi connectivity index (χ0v) is 7.72. The average Bonchev–Trinajstić information content (AvgIpc) is 1.80. The van der Waals surface area contributed by atoms with E-state index in [1.165, 1.54) is 0 Å². The molecule has 1 N–H and O–H groups in total. The Morgan fingerprint density at radius 2 is 1.33 bits per heavy atom. The van der Waals surface area contributed by atoms with Crippen LogP contribution in [-0.4, -0.2) is 44.9 Å². The molecule has 0 heterocycles. The molecule has 0 saturated heterocycles. The Morgan fingerprint density at radius 1 is 1.00 bits per heavy atom. The van der Waals surface area contributed by atoms with Crippen molar-refractivity contribution in [2.75, 3.05) is 0 Å². The maximum atomic E-state index is 11.4. The van der Waals surface area contributed by atoms with Gasteiger partial charge in [0.15, 0.2) is 0 Å². The van der Waals surface area contributed by atoms with Crippen molar-refractivity contribution in [3.05, 3.63) is 0 Å². The molecule has 1 radical (unpaired) electrons. The zero-order valence-electron chi connectivity index (χ0n) is 6.90. The number of sulfonamides is 1. The molecule has 0 aliphatic heterocycles. The molecule has 0 unspecified atom stereocenters. The van der Waals surface area contributed by atoms with Crippen LogP contribution in [-0.2, 0) is 14.8 Å². The molecule has 0 fully saturated rings. The SMILES string of the molecule is O=C(NS(=O)(=O)C(F)(F)F)C(F)(F)F.[Li]. The molecule has 15 heavy (non-hydrogen) atoms. The molecule has 85 valence electrons. The van der Waals surface area contributed by atoms with E-state index in [4.69, 9.17) is 0 Å². The first-order chi connectivity index (χ1) is 5.88. The molecule has 0 atom stereocenters. The number of nitrogens with one attached hydrogen (secondary N) is 1. The molecular weight excluding hydrogens is 251 g/mol. The second kappa shape index (κ2) is 4.63. The van der Waals surface area contributed by atoms with E-state index >= 15 is 0 Å². The molecule has 0 aromatic heterocycles. The van der Waals surface area contributed by atoms with Crippen LogP contribution in [0.25, 0.3) is 0 Å². The maximum absolute atomic E-state index is 11.4. The van der Waals surface area contributed by atoms with Gasteiger partial charge in [0.2, 0.25) is 0 Å². The van der Waals surface area contributed by atoms with Crippen molar-refractivity contribution in [3.63, 3.8) is 0 Å². The van der Waals surface area contributed by atoms with Gasteiger partial charge in [0.05, 0.1) is 0 Å². The van der Waals surface area contributed by atoms with Crippen LogP contribution in [0.15, 0.2) is 0 Å². The minimum absolute atomic E-state index is 0. The number of hydrogen-bond acceptors (Lipinski definition) is 3. The van der Waals surface area contributed by atoms with Gasteiger partial charge in [-0.1, -0.05) is 0 Å². The summed E-state index contributed by atoms with van der Waals surface area (Å²) in [7, 11) is -6.30. The monoisotopic (exact) mass is 252 g/mol. The van der Waals surface area contributed by atoms with E-state index in [-0.39, 0.29) is 23.6 Å². The Balaban J connectivity index is 0. The minimum Gasteiger partial charge on any atom is -0.263 e. The van der Waals surface area contributed by atoms with Crippen molar-refractivity contribution in [2.24, 2.45) is 0 Å². The summed E-state index contributed by atoms with van der Waals surface area (Å²) >= 11 is 0. The smallest absolute Gasteiger partial charge is 0.263 e. The first-order valence-corrected chi connectivity index (χ1v) is 4.06. The molecule has 0 aromatic rings. The van der Waals surface area contributed by atoms with Crippen LogP contribution < -0.4 is 4.72 Å². The van der Waals surface area contributed by atoms with Gasteiger partial charge in [-0.3, -0.25) is 4.79 Å². The Morgan fingerprint density at radius 3 is 1.53 bits per heavy atom. The Bertz CT molecular complexity index is 331. The largest absolute Gasteiger partial charge is 0.516 e. The van der Waals surface area contributed by atoms with Crippen molar-refractivity contribution < 1.29 is 39.6 Å². The van der Waals surface area contributed by atoms with E-state index in [2.05, 4.69) is 0 Å². The maximum Gasteiger partial charge on any atom is 0.516 e. The second-order valence-corrected chi connectivity index (χ2v) is 3.55. The zero-order chi connectivity index (χ0) is 11.8. The fourth-order valence-electron chi connectivity index (χ4n) is 0.238. The normalized spacial score (nSPS) is 12.9. The number of hydrogen-bond donors (Lipinski definition) is 1. The van der Waals surface area contributed by atoms with Crippen LogP contribution in [0.2, 0.25) is 0 Å². The number of amides is 1. The predicted molar refractivity (Wildman–Crippen MR) is 34.9 cm³/mol. The Hall–Kier alpha value is -0.403. The first kappa shape index (κ1) is 17.0. The fourth-order valence-corrected chi connectivity index (χ4v) is 0.713. The van der Waals surface area contributed by atoms with Crippen LogP contribution >= 0.6 is 0 Å². The Labute approximate surface area is 91.2 Å². The molecule has 4 nitrogen and oxygen atoms in total. The predicted octanol–water partition coefficient (Wildman–Crippen LogP) is 0.134. The van der Waals surface area contributed by atoms with Crippen LogP contribution in [0, 0.1) is 0 Å². The van der Waals surface area contributed by atoms with Gasteiger partial charge in [-0.15, -0.1) is 0 Å². The summed E-state index contributed by atoms with van der Waals surface area (Å²) < 4.78 is 87.9. The average molecular weight is 252 g/mol. The molecule has 0 spiro atoms. The van der Waals surface area contributed by atoms with Gasteiger partial charge >= 0.3 is 27.6 Å². The van der Waals surface area contributed by atoms with Crippen molar-refractivity contribution in [2.45, 2.75) is 11.7 Å². The molecule has 0 bridgehead atoms. The Kier molecular flexibility index (Phi) is 5.25. The first-order valence-electron chi connectivity index (χ1n) is 2.58. The van der Waals surface area contributed by atoms with E-state index in [9.17, 15) is 39.6 Å². The molecule has 0 rings (SSSR count). The van der Waals surface area contributed by atoms with E-state index in [0.717, 1.165) is 0 Å². The van der Waals surface area contributed by atoms with Crippen molar-refractivity contribution in [1.29, 1.82) is 0 Å². The molecule has 0 aliphatic carbocycles. The van der Waals surface area contributed by atoms with Crippen LogP contribution in [0.4, 0.5) is 26.3 Å². The number of halogens is 6. The van der Waals surface area contributed by atoms with Crippen LogP contribution in [0.3, 0.4) is 0 Å². The van der Waals surface area contributed by atoms with E-state index in [0.29, 0.717) is 0 Å². The quantitative estimate of drug-likeness (QED) is 0.533. The van der Waals surface area contributed by atoms with Gasteiger partial charge in [0, 0.05) is 18.9 Å². The van der Waals surface area contributed by atoms with Crippen molar-refractivity contribution in [1.82, 2.24) is 4.72 Å². The standard InChI is InChI=1S/C3HF6NO3S.Li/c4-2(5,6)1(11)10-14(12,13)3(7,8)9;/h(H,10,11);. The summed E-state index contributed by atoms with van der Waals surface area (Å²) in [6.45, 7) is 0. The molecular formula is C3HF6LiNO3S. The van der Waals surface area contributed by atoms with Gasteiger partial charge in [-0.25, -0.2) is 4.72 Å². The van der Waals surface area contributed by atoms with E-state index in [1.54, 1.807) is 0 Å². The van der Waals surface area contributed by atoms with Gasteiger partial charge in [0.25, 0.3) is 0 Å². The van der Waals surface area contributed by atoms with Gasteiger partial charge in [-0.05, 0) is 0 Å². The van der Waals surface area contributed by atoms with Gasteiger partial charge in [-0.2, -0.15) is 34.8 Å². The molecule has 0 saturated carbocycles. The number of alkyl halides is 6. The van der Waals surface area contributed by atoms with Crippen molar-refractivity contribution in [3.8, 4) is 0 Å². The molecule has 0 aromatic carbocycles. The van der Waals surface area contributed by atoms with Crippen molar-refractivity contribution >= 4 is 34.8 Å².